The zero-order chi connectivity index (χ0) is 17.6. The second-order valence-corrected chi connectivity index (χ2v) is 6.58. The quantitative estimate of drug-likeness (QED) is 0.629. The minimum atomic E-state index is 0.0638. The Kier molecular flexibility index (Phi) is 5.54. The van der Waals surface area contributed by atoms with Crippen molar-refractivity contribution in [2.45, 2.75) is 32.1 Å². The van der Waals surface area contributed by atoms with E-state index < -0.39 is 0 Å². The standard InChI is InChI=1S/C22H26N2O/c1-3-4-14-23-22(25)15-19(17-10-6-5-7-11-17)20-16-24(2)21-13-9-8-12-18(20)21/h5-13,16,19H,3-4,14-15H2,1-2H3,(H,23,25). The lowest BCUT2D eigenvalue weighted by atomic mass is 9.88. The van der Waals surface area contributed by atoms with Crippen LogP contribution in [0.4, 0.5) is 0 Å². The van der Waals surface area contributed by atoms with Crippen LogP contribution in [0.25, 0.3) is 10.9 Å². The van der Waals surface area contributed by atoms with Crippen molar-refractivity contribution in [2.24, 2.45) is 7.05 Å². The molecule has 0 aliphatic rings. The number of hydrogen-bond donors (Lipinski definition) is 1. The van der Waals surface area contributed by atoms with Crippen LogP contribution < -0.4 is 5.32 Å². The van der Waals surface area contributed by atoms with Crippen LogP contribution in [-0.2, 0) is 11.8 Å². The molecular weight excluding hydrogens is 308 g/mol. The van der Waals surface area contributed by atoms with Gasteiger partial charge in [-0.25, -0.2) is 0 Å². The number of carbonyl (C=O) groups excluding carboxylic acids is 1. The van der Waals surface area contributed by atoms with Crippen molar-refractivity contribution in [2.75, 3.05) is 6.54 Å². The summed E-state index contributed by atoms with van der Waals surface area (Å²) in [7, 11) is 2.06. The van der Waals surface area contributed by atoms with Gasteiger partial charge in [-0.05, 0) is 23.6 Å². The minimum absolute atomic E-state index is 0.0638. The van der Waals surface area contributed by atoms with Gasteiger partial charge in [0.1, 0.15) is 0 Å². The highest BCUT2D eigenvalue weighted by Crippen LogP contribution is 2.34. The smallest absolute Gasteiger partial charge is 0.220 e. The first-order valence-corrected chi connectivity index (χ1v) is 9.06. The molecule has 1 amide bonds. The third-order valence-corrected chi connectivity index (χ3v) is 4.75. The Morgan fingerprint density at radius 3 is 2.56 bits per heavy atom. The first-order chi connectivity index (χ1) is 12.2. The fourth-order valence-corrected chi connectivity index (χ4v) is 3.41. The maximum Gasteiger partial charge on any atom is 0.220 e. The molecule has 3 aromatic rings. The summed E-state index contributed by atoms with van der Waals surface area (Å²) in [6.07, 6.45) is 4.76. The third kappa shape index (κ3) is 3.93. The number of aromatic nitrogens is 1. The lowest BCUT2D eigenvalue weighted by molar-refractivity contribution is -0.121. The van der Waals surface area contributed by atoms with Gasteiger partial charge in [0.15, 0.2) is 0 Å². The van der Waals surface area contributed by atoms with Crippen molar-refractivity contribution in [1.82, 2.24) is 9.88 Å². The fourth-order valence-electron chi connectivity index (χ4n) is 3.41. The van der Waals surface area contributed by atoms with Gasteiger partial charge in [0.05, 0.1) is 0 Å². The molecule has 130 valence electrons. The highest BCUT2D eigenvalue weighted by atomic mass is 16.1. The SMILES string of the molecule is CCCCNC(=O)CC(c1ccccc1)c1cn(C)c2ccccc12. The second kappa shape index (κ2) is 8.02. The molecule has 1 N–H and O–H groups in total. The van der Waals surface area contributed by atoms with Crippen molar-refractivity contribution >= 4 is 16.8 Å². The van der Waals surface area contributed by atoms with Crippen LogP contribution in [0.5, 0.6) is 0 Å². The summed E-state index contributed by atoms with van der Waals surface area (Å²) >= 11 is 0. The number of carbonyl (C=O) groups is 1. The maximum absolute atomic E-state index is 12.5. The average Bonchev–Trinajstić information content (AvgIpc) is 2.98. The molecule has 1 heterocycles. The normalized spacial score (nSPS) is 12.2. The summed E-state index contributed by atoms with van der Waals surface area (Å²) in [6, 6.07) is 18.7. The predicted molar refractivity (Wildman–Crippen MR) is 104 cm³/mol. The van der Waals surface area contributed by atoms with E-state index in [0.717, 1.165) is 19.4 Å². The number of rotatable bonds is 7. The molecule has 1 atom stereocenters. The lowest BCUT2D eigenvalue weighted by Crippen LogP contribution is -2.26. The Morgan fingerprint density at radius 1 is 1.08 bits per heavy atom. The Morgan fingerprint density at radius 2 is 1.80 bits per heavy atom. The van der Waals surface area contributed by atoms with Gasteiger partial charge in [-0.15, -0.1) is 0 Å². The number of fused-ring (bicyclic) bond motifs is 1. The molecule has 3 nitrogen and oxygen atoms in total. The van der Waals surface area contributed by atoms with Gasteiger partial charge >= 0.3 is 0 Å². The van der Waals surface area contributed by atoms with Gasteiger partial charge in [0, 0.05) is 43.0 Å². The van der Waals surface area contributed by atoms with E-state index in [9.17, 15) is 4.79 Å². The first-order valence-electron chi connectivity index (χ1n) is 9.06. The Labute approximate surface area is 149 Å². The highest BCUT2D eigenvalue weighted by molar-refractivity contribution is 5.86. The van der Waals surface area contributed by atoms with Crippen LogP contribution in [0.3, 0.4) is 0 Å². The van der Waals surface area contributed by atoms with E-state index >= 15 is 0 Å². The number of hydrogen-bond acceptors (Lipinski definition) is 1. The van der Waals surface area contributed by atoms with E-state index in [-0.39, 0.29) is 11.8 Å². The fraction of sp³-hybridized carbons (Fsp3) is 0.318. The molecular formula is C22H26N2O. The molecule has 3 rings (SSSR count). The van der Waals surface area contributed by atoms with Gasteiger partial charge in [0.2, 0.25) is 5.91 Å². The molecule has 1 unspecified atom stereocenters. The Hall–Kier alpha value is -2.55. The molecule has 0 bridgehead atoms. The monoisotopic (exact) mass is 334 g/mol. The molecule has 0 saturated carbocycles. The molecule has 25 heavy (non-hydrogen) atoms. The third-order valence-electron chi connectivity index (χ3n) is 4.75. The van der Waals surface area contributed by atoms with Crippen LogP contribution >= 0.6 is 0 Å². The number of benzene rings is 2. The number of para-hydroxylation sites is 1. The van der Waals surface area contributed by atoms with Crippen LogP contribution in [0, 0.1) is 0 Å². The number of unbranched alkanes of at least 4 members (excludes halogenated alkanes) is 1. The summed E-state index contributed by atoms with van der Waals surface area (Å²) in [4.78, 5) is 12.5. The van der Waals surface area contributed by atoms with Gasteiger partial charge in [-0.3, -0.25) is 4.79 Å². The molecule has 0 fully saturated rings. The highest BCUT2D eigenvalue weighted by Gasteiger charge is 2.21. The number of nitrogens with zero attached hydrogens (tertiary/aromatic N) is 1. The molecule has 0 radical (unpaired) electrons. The molecule has 0 saturated heterocycles. The molecule has 1 aromatic heterocycles. The minimum Gasteiger partial charge on any atom is -0.356 e. The van der Waals surface area contributed by atoms with Gasteiger partial charge in [0.25, 0.3) is 0 Å². The summed E-state index contributed by atoms with van der Waals surface area (Å²) in [5, 5.41) is 4.29. The Balaban J connectivity index is 1.95. The van der Waals surface area contributed by atoms with E-state index in [0.29, 0.717) is 6.42 Å². The van der Waals surface area contributed by atoms with Crippen LogP contribution in [0.15, 0.2) is 60.8 Å². The summed E-state index contributed by atoms with van der Waals surface area (Å²) in [5.74, 6) is 0.184. The Bertz CT molecular complexity index is 836. The number of amides is 1. The van der Waals surface area contributed by atoms with Crippen LogP contribution in [0.2, 0.25) is 0 Å². The molecule has 3 heteroatoms. The van der Waals surface area contributed by atoms with E-state index in [1.807, 2.05) is 18.2 Å². The first kappa shape index (κ1) is 17.3. The molecule has 0 spiro atoms. The van der Waals surface area contributed by atoms with E-state index in [4.69, 9.17) is 0 Å². The molecule has 2 aromatic carbocycles. The predicted octanol–water partition coefficient (Wildman–Crippen LogP) is 4.62. The van der Waals surface area contributed by atoms with Crippen molar-refractivity contribution < 1.29 is 4.79 Å². The van der Waals surface area contributed by atoms with E-state index in [2.05, 4.69) is 66.5 Å². The second-order valence-electron chi connectivity index (χ2n) is 6.58. The summed E-state index contributed by atoms with van der Waals surface area (Å²) in [6.45, 7) is 2.89. The molecule has 0 aliphatic carbocycles. The largest absolute Gasteiger partial charge is 0.356 e. The number of aryl methyl sites for hydroxylation is 1. The van der Waals surface area contributed by atoms with E-state index in [1.165, 1.54) is 22.0 Å². The number of nitrogens with one attached hydrogen (secondary N) is 1. The maximum atomic E-state index is 12.5. The summed E-state index contributed by atoms with van der Waals surface area (Å²) < 4.78 is 2.15. The van der Waals surface area contributed by atoms with Gasteiger partial charge < -0.3 is 9.88 Å². The van der Waals surface area contributed by atoms with Gasteiger partial charge in [-0.2, -0.15) is 0 Å². The zero-order valence-electron chi connectivity index (χ0n) is 15.0. The van der Waals surface area contributed by atoms with Crippen LogP contribution in [-0.4, -0.2) is 17.0 Å². The van der Waals surface area contributed by atoms with Crippen molar-refractivity contribution in [3.05, 3.63) is 71.9 Å². The summed E-state index contributed by atoms with van der Waals surface area (Å²) in [5.41, 5.74) is 3.60. The van der Waals surface area contributed by atoms with E-state index in [1.54, 1.807) is 0 Å². The van der Waals surface area contributed by atoms with Gasteiger partial charge in [-0.1, -0.05) is 61.9 Å². The lowest BCUT2D eigenvalue weighted by Gasteiger charge is -2.17. The average molecular weight is 334 g/mol. The topological polar surface area (TPSA) is 34.0 Å². The molecule has 0 aliphatic heterocycles. The van der Waals surface area contributed by atoms with Crippen molar-refractivity contribution in [3.63, 3.8) is 0 Å². The van der Waals surface area contributed by atoms with Crippen LogP contribution in [0.1, 0.15) is 43.2 Å². The van der Waals surface area contributed by atoms with Crippen molar-refractivity contribution in [1.29, 1.82) is 0 Å². The van der Waals surface area contributed by atoms with Crippen molar-refractivity contribution in [3.8, 4) is 0 Å². The zero-order valence-corrected chi connectivity index (χ0v) is 15.0.